The van der Waals surface area contributed by atoms with Crippen LogP contribution in [0.4, 0.5) is 18.0 Å². The number of alkyl halides is 3. The lowest BCUT2D eigenvalue weighted by molar-refractivity contribution is -0.137. The zero-order valence-corrected chi connectivity index (χ0v) is 23.1. The van der Waals surface area contributed by atoms with E-state index in [2.05, 4.69) is 35.8 Å². The van der Waals surface area contributed by atoms with E-state index >= 15 is 0 Å². The number of nitrogens with zero attached hydrogens (tertiary/aromatic N) is 3. The van der Waals surface area contributed by atoms with Crippen LogP contribution >= 0.6 is 0 Å². The Balaban J connectivity index is 1.49. The Hall–Kier alpha value is -2.58. The first-order valence-electron chi connectivity index (χ1n) is 13.5. The monoisotopic (exact) mass is 531 g/mol. The van der Waals surface area contributed by atoms with Gasteiger partial charge in [0.15, 0.2) is 0 Å². The summed E-state index contributed by atoms with van der Waals surface area (Å²) in [5.41, 5.74) is 0.898. The second-order valence-corrected chi connectivity index (χ2v) is 11.9. The van der Waals surface area contributed by atoms with Gasteiger partial charge in [-0.15, -0.1) is 0 Å². The van der Waals surface area contributed by atoms with Gasteiger partial charge in [-0.2, -0.15) is 13.2 Å². The molecule has 208 valence electrons. The van der Waals surface area contributed by atoms with Crippen molar-refractivity contribution in [3.05, 3.63) is 71.3 Å². The molecule has 2 aliphatic heterocycles. The zero-order chi connectivity index (χ0) is 27.7. The van der Waals surface area contributed by atoms with E-state index in [4.69, 9.17) is 4.74 Å². The Morgan fingerprint density at radius 1 is 0.947 bits per heavy atom. The summed E-state index contributed by atoms with van der Waals surface area (Å²) in [6, 6.07) is 16.0. The third-order valence-corrected chi connectivity index (χ3v) is 8.08. The molecule has 0 aliphatic carbocycles. The number of likely N-dealkylation sites (tertiary alicyclic amines) is 1. The maximum absolute atomic E-state index is 13.1. The molecule has 2 aromatic rings. The fourth-order valence-corrected chi connectivity index (χ4v) is 5.68. The van der Waals surface area contributed by atoms with E-state index in [0.29, 0.717) is 13.1 Å². The Labute approximate surface area is 224 Å². The van der Waals surface area contributed by atoms with Gasteiger partial charge in [0.25, 0.3) is 0 Å². The molecular weight excluding hydrogens is 491 g/mol. The number of carbonyl (C=O) groups excluding carboxylic acids is 1. The van der Waals surface area contributed by atoms with Gasteiger partial charge < -0.3 is 9.64 Å². The predicted octanol–water partition coefficient (Wildman–Crippen LogP) is 6.91. The van der Waals surface area contributed by atoms with Gasteiger partial charge in [-0.25, -0.2) is 4.79 Å². The van der Waals surface area contributed by atoms with Crippen molar-refractivity contribution in [2.45, 2.75) is 76.9 Å². The number of piperidine rings is 1. The smallest absolute Gasteiger partial charge is 0.416 e. The molecule has 2 saturated heterocycles. The van der Waals surface area contributed by atoms with E-state index in [1.54, 1.807) is 12.1 Å². The summed E-state index contributed by atoms with van der Waals surface area (Å²) in [7, 11) is 0. The summed E-state index contributed by atoms with van der Waals surface area (Å²) >= 11 is 0. The van der Waals surface area contributed by atoms with Crippen LogP contribution in [0.15, 0.2) is 54.6 Å². The Kier molecular flexibility index (Phi) is 8.15. The zero-order valence-electron chi connectivity index (χ0n) is 23.1. The first-order chi connectivity index (χ1) is 17.8. The molecule has 0 radical (unpaired) electrons. The number of benzene rings is 2. The van der Waals surface area contributed by atoms with Crippen LogP contribution in [0.25, 0.3) is 0 Å². The molecule has 1 amide bonds. The summed E-state index contributed by atoms with van der Waals surface area (Å²) in [5, 5.41) is 0. The van der Waals surface area contributed by atoms with Crippen LogP contribution in [0.5, 0.6) is 0 Å². The van der Waals surface area contributed by atoms with E-state index in [0.717, 1.165) is 38.0 Å². The van der Waals surface area contributed by atoms with E-state index in [9.17, 15) is 18.0 Å². The number of ether oxygens (including phenoxy) is 1. The molecule has 2 heterocycles. The van der Waals surface area contributed by atoms with Crippen molar-refractivity contribution < 1.29 is 22.7 Å². The fourth-order valence-electron chi connectivity index (χ4n) is 5.68. The minimum Gasteiger partial charge on any atom is -0.444 e. The van der Waals surface area contributed by atoms with Crippen molar-refractivity contribution in [1.82, 2.24) is 14.7 Å². The topological polar surface area (TPSA) is 36.0 Å². The third-order valence-electron chi connectivity index (χ3n) is 8.08. The number of carbonyl (C=O) groups is 1. The molecule has 0 bridgehead atoms. The van der Waals surface area contributed by atoms with E-state index in [1.807, 2.05) is 43.9 Å². The molecule has 0 saturated carbocycles. The summed E-state index contributed by atoms with van der Waals surface area (Å²) < 4.78 is 44.9. The Morgan fingerprint density at radius 2 is 1.55 bits per heavy atom. The molecule has 38 heavy (non-hydrogen) atoms. The lowest BCUT2D eigenvalue weighted by Gasteiger charge is -2.53. The van der Waals surface area contributed by atoms with Crippen LogP contribution < -0.4 is 0 Å². The summed E-state index contributed by atoms with van der Waals surface area (Å²) in [5.74, 6) is 0. The van der Waals surface area contributed by atoms with E-state index in [1.165, 1.54) is 17.7 Å². The van der Waals surface area contributed by atoms with Gasteiger partial charge in [0.05, 0.1) is 5.56 Å². The van der Waals surface area contributed by atoms with Gasteiger partial charge in [0.2, 0.25) is 0 Å². The average Bonchev–Trinajstić information content (AvgIpc) is 2.87. The highest BCUT2D eigenvalue weighted by molar-refractivity contribution is 5.68. The van der Waals surface area contributed by atoms with Gasteiger partial charge in [-0.3, -0.25) is 9.80 Å². The maximum Gasteiger partial charge on any atom is 0.416 e. The molecule has 5 nitrogen and oxygen atoms in total. The fraction of sp³-hybridized carbons (Fsp3) is 0.567. The van der Waals surface area contributed by atoms with Crippen molar-refractivity contribution in [3.63, 3.8) is 0 Å². The normalized spacial score (nSPS) is 22.2. The molecule has 2 aliphatic rings. The molecule has 0 aromatic heterocycles. The second kappa shape index (κ2) is 10.9. The van der Waals surface area contributed by atoms with Crippen LogP contribution in [0.1, 0.15) is 76.2 Å². The molecule has 4 rings (SSSR count). The summed E-state index contributed by atoms with van der Waals surface area (Å²) in [4.78, 5) is 19.4. The molecular formula is C30H40F3N3O2. The van der Waals surface area contributed by atoms with E-state index < -0.39 is 17.3 Å². The van der Waals surface area contributed by atoms with Crippen molar-refractivity contribution >= 4 is 6.09 Å². The van der Waals surface area contributed by atoms with Crippen molar-refractivity contribution in [2.75, 3.05) is 32.7 Å². The third kappa shape index (κ3) is 6.52. The Bertz CT molecular complexity index is 1070. The molecule has 0 unspecified atom stereocenters. The van der Waals surface area contributed by atoms with Crippen LogP contribution in [0.3, 0.4) is 0 Å². The standard InChI is InChI=1S/C30H40F3N3O2/c1-22(23-11-13-25(14-12-23)30(31,32)33)36-20-19-35(21-26(36)24-9-7-6-8-10-24)29(5)15-17-34(18-16-29)27(37)38-28(2,3)4/h6-14,22,26H,15-21H2,1-5H3/t22-,26+/m0/s1. The number of piperazine rings is 1. The average molecular weight is 532 g/mol. The van der Waals surface area contributed by atoms with Crippen molar-refractivity contribution in [1.29, 1.82) is 0 Å². The Morgan fingerprint density at radius 3 is 2.11 bits per heavy atom. The minimum absolute atomic E-state index is 0.0357. The second-order valence-electron chi connectivity index (χ2n) is 11.9. The number of halogens is 3. The van der Waals surface area contributed by atoms with Crippen LogP contribution in [-0.4, -0.2) is 64.7 Å². The molecule has 0 spiro atoms. The van der Waals surface area contributed by atoms with Crippen molar-refractivity contribution in [3.8, 4) is 0 Å². The van der Waals surface area contributed by atoms with Gasteiger partial charge in [0, 0.05) is 50.3 Å². The predicted molar refractivity (Wildman–Crippen MR) is 143 cm³/mol. The lowest BCUT2D eigenvalue weighted by Crippen LogP contribution is -2.60. The van der Waals surface area contributed by atoms with Crippen LogP contribution in [-0.2, 0) is 10.9 Å². The maximum atomic E-state index is 13.1. The van der Waals surface area contributed by atoms with Crippen molar-refractivity contribution in [2.24, 2.45) is 0 Å². The molecule has 8 heteroatoms. The van der Waals surface area contributed by atoms with Crippen LogP contribution in [0.2, 0.25) is 0 Å². The first kappa shape index (κ1) is 28.4. The highest BCUT2D eigenvalue weighted by atomic mass is 19.4. The number of hydrogen-bond acceptors (Lipinski definition) is 4. The van der Waals surface area contributed by atoms with Crippen LogP contribution in [0, 0.1) is 0 Å². The molecule has 2 atom stereocenters. The molecule has 2 fully saturated rings. The van der Waals surface area contributed by atoms with E-state index in [-0.39, 0.29) is 23.7 Å². The summed E-state index contributed by atoms with van der Waals surface area (Å²) in [6.45, 7) is 13.8. The summed E-state index contributed by atoms with van der Waals surface area (Å²) in [6.07, 6.45) is -2.87. The minimum atomic E-state index is -4.34. The highest BCUT2D eigenvalue weighted by Gasteiger charge is 2.42. The number of amides is 1. The van der Waals surface area contributed by atoms with Gasteiger partial charge in [-0.05, 0) is 70.7 Å². The van der Waals surface area contributed by atoms with Gasteiger partial charge in [0.1, 0.15) is 5.60 Å². The van der Waals surface area contributed by atoms with Gasteiger partial charge >= 0.3 is 12.3 Å². The first-order valence-corrected chi connectivity index (χ1v) is 13.5. The number of hydrogen-bond donors (Lipinski definition) is 0. The number of rotatable bonds is 4. The molecule has 2 aromatic carbocycles. The quantitative estimate of drug-likeness (QED) is 0.429. The largest absolute Gasteiger partial charge is 0.444 e. The molecule has 0 N–H and O–H groups in total. The lowest BCUT2D eigenvalue weighted by atomic mass is 9.85. The SMILES string of the molecule is C[C@@H](c1ccc(C(F)(F)F)cc1)N1CCN(C2(C)CCN(C(=O)OC(C)(C)C)CC2)C[C@@H]1c1ccccc1. The van der Waals surface area contributed by atoms with Gasteiger partial charge in [-0.1, -0.05) is 42.5 Å². The highest BCUT2D eigenvalue weighted by Crippen LogP contribution is 2.39.